The van der Waals surface area contributed by atoms with Crippen molar-refractivity contribution in [2.45, 2.75) is 24.2 Å². The fourth-order valence-electron chi connectivity index (χ4n) is 3.38. The van der Waals surface area contributed by atoms with Crippen LogP contribution in [0, 0.1) is 0 Å². The molecule has 31 heavy (non-hydrogen) atoms. The van der Waals surface area contributed by atoms with E-state index in [0.717, 1.165) is 31.7 Å². The van der Waals surface area contributed by atoms with Crippen molar-refractivity contribution in [1.82, 2.24) is 9.62 Å². The molecular weight excluding hydrogens is 416 g/mol. The van der Waals surface area contributed by atoms with Crippen LogP contribution in [-0.2, 0) is 10.0 Å². The highest BCUT2D eigenvalue weighted by molar-refractivity contribution is 7.90. The van der Waals surface area contributed by atoms with Gasteiger partial charge in [-0.15, -0.1) is 0 Å². The summed E-state index contributed by atoms with van der Waals surface area (Å²) < 4.78 is 32.7. The number of urea groups is 1. The molecule has 0 spiro atoms. The van der Waals surface area contributed by atoms with Crippen molar-refractivity contribution < 1.29 is 17.9 Å². The van der Waals surface area contributed by atoms with E-state index in [1.165, 1.54) is 25.0 Å². The fourth-order valence-corrected chi connectivity index (χ4v) is 4.29. The minimum absolute atomic E-state index is 0.00461. The van der Waals surface area contributed by atoms with Gasteiger partial charge in [0.05, 0.1) is 11.5 Å². The maximum atomic E-state index is 12.5. The van der Waals surface area contributed by atoms with Gasteiger partial charge in [0.25, 0.3) is 10.0 Å². The molecule has 0 bridgehead atoms. The van der Waals surface area contributed by atoms with E-state index in [-0.39, 0.29) is 4.90 Å². The first-order valence-corrected chi connectivity index (χ1v) is 11.9. The van der Waals surface area contributed by atoms with E-state index in [0.29, 0.717) is 18.0 Å². The average molecular weight is 447 g/mol. The monoisotopic (exact) mass is 446 g/mol. The molecule has 1 aliphatic rings. The molecule has 0 atom stereocenters. The van der Waals surface area contributed by atoms with Crippen molar-refractivity contribution in [1.29, 1.82) is 0 Å². The van der Waals surface area contributed by atoms with Gasteiger partial charge in [0.15, 0.2) is 0 Å². The van der Waals surface area contributed by atoms with Crippen LogP contribution in [0.3, 0.4) is 0 Å². The Bertz CT molecular complexity index is 954. The van der Waals surface area contributed by atoms with Crippen molar-refractivity contribution >= 4 is 27.4 Å². The molecule has 168 valence electrons. The second-order valence-electron chi connectivity index (χ2n) is 7.72. The van der Waals surface area contributed by atoms with E-state index in [1.807, 2.05) is 35.9 Å². The Morgan fingerprint density at radius 3 is 2.29 bits per heavy atom. The first kappa shape index (κ1) is 22.9. The van der Waals surface area contributed by atoms with Gasteiger partial charge in [-0.2, -0.15) is 0 Å². The Kier molecular flexibility index (Phi) is 7.75. The zero-order valence-corrected chi connectivity index (χ0v) is 18.8. The molecule has 0 radical (unpaired) electrons. The number of carbonyl (C=O) groups is 1. The van der Waals surface area contributed by atoms with Crippen LogP contribution in [0.1, 0.15) is 19.3 Å². The highest BCUT2D eigenvalue weighted by Gasteiger charge is 2.18. The van der Waals surface area contributed by atoms with Crippen molar-refractivity contribution in [3.8, 4) is 5.75 Å². The lowest BCUT2D eigenvalue weighted by Crippen LogP contribution is -2.34. The lowest BCUT2D eigenvalue weighted by molar-refractivity contribution is 0.256. The first-order valence-electron chi connectivity index (χ1n) is 10.4. The summed E-state index contributed by atoms with van der Waals surface area (Å²) in [5.41, 5.74) is 1.47. The molecular formula is C22H30N4O4S. The summed E-state index contributed by atoms with van der Waals surface area (Å²) in [7, 11) is -0.168. The number of sulfonamides is 1. The SMILES string of the molecule is CN(C)c1ccc(NC(=O)NS(=O)(=O)c2ccc(OCCCN3CCCC3)cc2)cc1. The molecule has 1 saturated heterocycles. The van der Waals surface area contributed by atoms with E-state index in [4.69, 9.17) is 4.74 Å². The van der Waals surface area contributed by atoms with Crippen molar-refractivity contribution in [2.75, 3.05) is 50.6 Å². The zero-order valence-electron chi connectivity index (χ0n) is 18.0. The molecule has 0 unspecified atom stereocenters. The van der Waals surface area contributed by atoms with E-state index in [1.54, 1.807) is 24.3 Å². The molecule has 0 aliphatic carbocycles. The van der Waals surface area contributed by atoms with Crippen LogP contribution in [-0.4, -0.2) is 59.7 Å². The molecule has 2 amide bonds. The number of anilines is 2. The summed E-state index contributed by atoms with van der Waals surface area (Å²) in [6.07, 6.45) is 3.47. The average Bonchev–Trinajstić information content (AvgIpc) is 3.25. The third-order valence-corrected chi connectivity index (χ3v) is 6.44. The van der Waals surface area contributed by atoms with Crippen LogP contribution in [0.25, 0.3) is 0 Å². The number of nitrogens with one attached hydrogen (secondary N) is 2. The van der Waals surface area contributed by atoms with Crippen LogP contribution in [0.4, 0.5) is 16.2 Å². The Balaban J connectivity index is 1.48. The number of likely N-dealkylation sites (tertiary alicyclic amines) is 1. The van der Waals surface area contributed by atoms with Gasteiger partial charge in [-0.05, 0) is 80.9 Å². The predicted octanol–water partition coefficient (Wildman–Crippen LogP) is 3.13. The number of ether oxygens (including phenoxy) is 1. The quantitative estimate of drug-likeness (QED) is 0.575. The van der Waals surface area contributed by atoms with Gasteiger partial charge < -0.3 is 19.9 Å². The van der Waals surface area contributed by atoms with E-state index >= 15 is 0 Å². The molecule has 1 heterocycles. The second kappa shape index (κ2) is 10.5. The summed E-state index contributed by atoms with van der Waals surface area (Å²) in [5, 5.41) is 2.53. The van der Waals surface area contributed by atoms with Gasteiger partial charge in [-0.1, -0.05) is 0 Å². The molecule has 1 aliphatic heterocycles. The molecule has 2 aromatic carbocycles. The van der Waals surface area contributed by atoms with Gasteiger partial charge in [0.2, 0.25) is 0 Å². The van der Waals surface area contributed by atoms with E-state index in [9.17, 15) is 13.2 Å². The van der Waals surface area contributed by atoms with Crippen molar-refractivity contribution in [2.24, 2.45) is 0 Å². The lowest BCUT2D eigenvalue weighted by Gasteiger charge is -2.14. The molecule has 0 aromatic heterocycles. The Morgan fingerprint density at radius 1 is 1.03 bits per heavy atom. The fraction of sp³-hybridized carbons (Fsp3) is 0.409. The molecule has 3 rings (SSSR count). The van der Waals surface area contributed by atoms with Crippen LogP contribution in [0.5, 0.6) is 5.75 Å². The Labute approximate surface area is 184 Å². The minimum Gasteiger partial charge on any atom is -0.494 e. The zero-order chi connectivity index (χ0) is 22.3. The normalized spacial score (nSPS) is 14.3. The van der Waals surface area contributed by atoms with Crippen LogP contribution in [0.2, 0.25) is 0 Å². The number of nitrogens with zero attached hydrogens (tertiary/aromatic N) is 2. The Hall–Kier alpha value is -2.78. The largest absolute Gasteiger partial charge is 0.494 e. The van der Waals surface area contributed by atoms with Gasteiger partial charge in [-0.25, -0.2) is 17.9 Å². The maximum Gasteiger partial charge on any atom is 0.333 e. The lowest BCUT2D eigenvalue weighted by atomic mass is 10.2. The summed E-state index contributed by atoms with van der Waals surface area (Å²) >= 11 is 0. The number of carbonyl (C=O) groups excluding carboxylic acids is 1. The van der Waals surface area contributed by atoms with E-state index in [2.05, 4.69) is 10.2 Å². The minimum atomic E-state index is -3.99. The number of hydrogen-bond donors (Lipinski definition) is 2. The van der Waals surface area contributed by atoms with Gasteiger partial charge in [0.1, 0.15) is 5.75 Å². The topological polar surface area (TPSA) is 91.0 Å². The summed E-state index contributed by atoms with van der Waals surface area (Å²) in [6.45, 7) is 3.92. The first-order chi connectivity index (χ1) is 14.8. The van der Waals surface area contributed by atoms with Gasteiger partial charge >= 0.3 is 6.03 Å². The van der Waals surface area contributed by atoms with Crippen LogP contribution in [0.15, 0.2) is 53.4 Å². The van der Waals surface area contributed by atoms with Crippen LogP contribution >= 0.6 is 0 Å². The maximum absolute atomic E-state index is 12.5. The molecule has 1 fully saturated rings. The number of benzene rings is 2. The molecule has 2 N–H and O–H groups in total. The highest BCUT2D eigenvalue weighted by atomic mass is 32.2. The molecule has 8 nitrogen and oxygen atoms in total. The van der Waals surface area contributed by atoms with Crippen molar-refractivity contribution in [3.05, 3.63) is 48.5 Å². The van der Waals surface area contributed by atoms with E-state index < -0.39 is 16.1 Å². The third kappa shape index (κ3) is 6.86. The van der Waals surface area contributed by atoms with Crippen LogP contribution < -0.4 is 19.7 Å². The molecule has 0 saturated carbocycles. The number of hydrogen-bond acceptors (Lipinski definition) is 6. The molecule has 9 heteroatoms. The highest BCUT2D eigenvalue weighted by Crippen LogP contribution is 2.18. The number of amides is 2. The number of rotatable bonds is 9. The Morgan fingerprint density at radius 2 is 1.68 bits per heavy atom. The van der Waals surface area contributed by atoms with Crippen molar-refractivity contribution in [3.63, 3.8) is 0 Å². The second-order valence-corrected chi connectivity index (χ2v) is 9.41. The molecule has 2 aromatic rings. The third-order valence-electron chi connectivity index (χ3n) is 5.09. The standard InChI is InChI=1S/C22H30N4O4S/c1-25(2)19-8-6-18(7-9-19)23-22(27)24-31(28,29)21-12-10-20(11-13-21)30-17-5-16-26-14-3-4-15-26/h6-13H,3-5,14-17H2,1-2H3,(H2,23,24,27). The predicted molar refractivity (Wildman–Crippen MR) is 122 cm³/mol. The summed E-state index contributed by atoms with van der Waals surface area (Å²) in [5.74, 6) is 0.603. The van der Waals surface area contributed by atoms with Gasteiger partial charge in [0, 0.05) is 32.0 Å². The summed E-state index contributed by atoms with van der Waals surface area (Å²) in [4.78, 5) is 16.5. The summed E-state index contributed by atoms with van der Waals surface area (Å²) in [6, 6.07) is 12.3. The smallest absolute Gasteiger partial charge is 0.333 e. The van der Waals surface area contributed by atoms with Gasteiger partial charge in [-0.3, -0.25) is 0 Å².